The van der Waals surface area contributed by atoms with Crippen molar-refractivity contribution in [2.75, 3.05) is 33.5 Å². The second-order valence-electron chi connectivity index (χ2n) is 12.1. The average Bonchev–Trinajstić information content (AvgIpc) is 2.89. The third-order valence-electron chi connectivity index (χ3n) is 6.75. The SMILES string of the molecule is COc1cc(CCC[Si](C)(C)O[Si](C)(C)O[Si](C)(C)CCCc2ccc(OCCO)c(CO)c2)ccc1OCCO. The zero-order valence-corrected chi connectivity index (χ0v) is 29.1. The molecule has 0 aromatic heterocycles. The van der Waals surface area contributed by atoms with Crippen molar-refractivity contribution < 1.29 is 37.8 Å². The van der Waals surface area contributed by atoms with Crippen LogP contribution in [0, 0.1) is 0 Å². The fourth-order valence-electron chi connectivity index (χ4n) is 5.24. The van der Waals surface area contributed by atoms with E-state index in [-0.39, 0.29) is 33.0 Å². The van der Waals surface area contributed by atoms with Crippen molar-refractivity contribution in [3.63, 3.8) is 0 Å². The number of aliphatic hydroxyl groups is 3. The summed E-state index contributed by atoms with van der Waals surface area (Å²) in [5.74, 6) is 1.97. The van der Waals surface area contributed by atoms with Crippen LogP contribution < -0.4 is 14.2 Å². The fourth-order valence-corrected chi connectivity index (χ4v) is 19.3. The summed E-state index contributed by atoms with van der Waals surface area (Å²) in [5, 5.41) is 27.7. The van der Waals surface area contributed by atoms with Crippen LogP contribution in [0.15, 0.2) is 36.4 Å². The predicted molar refractivity (Wildman–Crippen MR) is 171 cm³/mol. The summed E-state index contributed by atoms with van der Waals surface area (Å²) in [5.41, 5.74) is 3.12. The van der Waals surface area contributed by atoms with Crippen molar-refractivity contribution in [3.8, 4) is 17.2 Å². The minimum Gasteiger partial charge on any atom is -0.493 e. The molecule has 232 valence electrons. The molecule has 0 amide bonds. The van der Waals surface area contributed by atoms with Gasteiger partial charge in [-0.1, -0.05) is 12.1 Å². The van der Waals surface area contributed by atoms with Crippen LogP contribution in [0.25, 0.3) is 0 Å². The third kappa shape index (κ3) is 13.0. The van der Waals surface area contributed by atoms with E-state index in [2.05, 4.69) is 45.3 Å². The maximum atomic E-state index is 9.71. The first kappa shape index (κ1) is 35.5. The highest BCUT2D eigenvalue weighted by Crippen LogP contribution is 2.30. The van der Waals surface area contributed by atoms with E-state index >= 15 is 0 Å². The topological polar surface area (TPSA) is 107 Å². The maximum Gasteiger partial charge on any atom is 0.311 e. The molecule has 0 unspecified atom stereocenters. The zero-order valence-electron chi connectivity index (χ0n) is 26.1. The molecule has 0 fully saturated rings. The number of rotatable bonds is 20. The van der Waals surface area contributed by atoms with E-state index in [4.69, 9.17) is 32.7 Å². The van der Waals surface area contributed by atoms with Crippen molar-refractivity contribution in [2.24, 2.45) is 0 Å². The van der Waals surface area contributed by atoms with Crippen LogP contribution in [-0.4, -0.2) is 74.1 Å². The zero-order chi connectivity index (χ0) is 30.5. The molecule has 8 nitrogen and oxygen atoms in total. The van der Waals surface area contributed by atoms with Crippen molar-refractivity contribution in [2.45, 2.75) is 83.7 Å². The molecule has 2 rings (SSSR count). The Morgan fingerprint density at radius 3 is 1.61 bits per heavy atom. The molecule has 0 aliphatic heterocycles. The van der Waals surface area contributed by atoms with Gasteiger partial charge in [0.2, 0.25) is 0 Å². The summed E-state index contributed by atoms with van der Waals surface area (Å²) in [4.78, 5) is 0. The second kappa shape index (κ2) is 16.8. The molecule has 0 heterocycles. The van der Waals surface area contributed by atoms with Gasteiger partial charge in [0.15, 0.2) is 28.1 Å². The highest BCUT2D eigenvalue weighted by molar-refractivity contribution is 6.87. The van der Waals surface area contributed by atoms with E-state index in [0.717, 1.165) is 43.3 Å². The molecule has 2 aromatic rings. The maximum absolute atomic E-state index is 9.71. The summed E-state index contributed by atoms with van der Waals surface area (Å²) < 4.78 is 30.1. The Morgan fingerprint density at radius 2 is 1.12 bits per heavy atom. The highest BCUT2D eigenvalue weighted by atomic mass is 28.5. The lowest BCUT2D eigenvalue weighted by Gasteiger charge is -2.39. The summed E-state index contributed by atoms with van der Waals surface area (Å²) in [6, 6.07) is 14.0. The number of methoxy groups -OCH3 is 1. The molecule has 0 bridgehead atoms. The van der Waals surface area contributed by atoms with Gasteiger partial charge in [0, 0.05) is 5.56 Å². The van der Waals surface area contributed by atoms with Gasteiger partial charge in [-0.05, 0) is 112 Å². The Hall–Kier alpha value is -1.71. The Balaban J connectivity index is 1.85. The van der Waals surface area contributed by atoms with Gasteiger partial charge in [-0.3, -0.25) is 0 Å². The normalized spacial score (nSPS) is 12.4. The molecule has 0 aliphatic rings. The summed E-state index contributed by atoms with van der Waals surface area (Å²) in [6.45, 7) is 13.8. The first-order chi connectivity index (χ1) is 19.3. The highest BCUT2D eigenvalue weighted by Gasteiger charge is 2.39. The summed E-state index contributed by atoms with van der Waals surface area (Å²) >= 11 is 0. The quantitative estimate of drug-likeness (QED) is 0.163. The first-order valence-corrected chi connectivity index (χ1v) is 23.7. The van der Waals surface area contributed by atoms with Gasteiger partial charge in [0.05, 0.1) is 26.9 Å². The molecule has 41 heavy (non-hydrogen) atoms. The van der Waals surface area contributed by atoms with Crippen LogP contribution in [0.2, 0.25) is 51.4 Å². The molecule has 0 saturated carbocycles. The third-order valence-corrected chi connectivity index (χ3v) is 18.2. The van der Waals surface area contributed by atoms with Crippen LogP contribution in [-0.2, 0) is 27.7 Å². The Labute approximate surface area is 250 Å². The van der Waals surface area contributed by atoms with Gasteiger partial charge < -0.3 is 37.8 Å². The van der Waals surface area contributed by atoms with Crippen molar-refractivity contribution in [1.29, 1.82) is 0 Å². The van der Waals surface area contributed by atoms with Gasteiger partial charge in [0.25, 0.3) is 0 Å². The minimum atomic E-state index is -2.31. The monoisotopic (exact) mass is 624 g/mol. The Morgan fingerprint density at radius 1 is 0.634 bits per heavy atom. The molecule has 0 atom stereocenters. The van der Waals surface area contributed by atoms with Crippen LogP contribution in [0.5, 0.6) is 17.2 Å². The Kier molecular flexibility index (Phi) is 14.5. The molecule has 0 saturated heterocycles. The van der Waals surface area contributed by atoms with Crippen LogP contribution in [0.4, 0.5) is 0 Å². The van der Waals surface area contributed by atoms with E-state index in [9.17, 15) is 5.11 Å². The number of hydrogen-bond acceptors (Lipinski definition) is 8. The molecule has 3 N–H and O–H groups in total. The molecule has 0 radical (unpaired) electrons. The van der Waals surface area contributed by atoms with E-state index in [0.29, 0.717) is 17.2 Å². The van der Waals surface area contributed by atoms with E-state index in [1.165, 1.54) is 11.1 Å². The van der Waals surface area contributed by atoms with Crippen LogP contribution in [0.3, 0.4) is 0 Å². The minimum absolute atomic E-state index is 0.0300. The Bertz CT molecular complexity index is 981. The van der Waals surface area contributed by atoms with Gasteiger partial charge in [-0.2, -0.15) is 0 Å². The van der Waals surface area contributed by atoms with E-state index in [1.807, 2.05) is 30.3 Å². The van der Waals surface area contributed by atoms with E-state index < -0.39 is 25.2 Å². The predicted octanol–water partition coefficient (Wildman–Crippen LogP) is 5.64. The number of ether oxygens (including phenoxy) is 3. The first-order valence-electron chi connectivity index (χ1n) is 14.6. The van der Waals surface area contributed by atoms with Crippen molar-refractivity contribution >= 4 is 25.2 Å². The number of aliphatic hydroxyl groups excluding tert-OH is 3. The number of hydrogen-bond donors (Lipinski definition) is 3. The van der Waals surface area contributed by atoms with E-state index in [1.54, 1.807) is 7.11 Å². The standard InChI is InChI=1S/C30H52O8Si3/c1-34-30-23-26(13-15-29(30)36-19-17-32)11-9-21-40(4,5)38-41(6,7)37-39(2,3)20-8-10-25-12-14-28(35-18-16-31)27(22-25)24-33/h12-15,22-23,31-33H,8-11,16-21,24H2,1-7H3. The summed E-state index contributed by atoms with van der Waals surface area (Å²) in [6.07, 6.45) is 3.89. The molecule has 11 heteroatoms. The second-order valence-corrected chi connectivity index (χ2v) is 24.5. The molecule has 0 spiro atoms. The van der Waals surface area contributed by atoms with Gasteiger partial charge in [0.1, 0.15) is 19.0 Å². The van der Waals surface area contributed by atoms with Crippen molar-refractivity contribution in [3.05, 3.63) is 53.1 Å². The largest absolute Gasteiger partial charge is 0.493 e. The van der Waals surface area contributed by atoms with Gasteiger partial charge >= 0.3 is 8.56 Å². The van der Waals surface area contributed by atoms with Gasteiger partial charge in [-0.25, -0.2) is 0 Å². The number of benzene rings is 2. The van der Waals surface area contributed by atoms with Crippen LogP contribution in [0.1, 0.15) is 29.5 Å². The van der Waals surface area contributed by atoms with Crippen molar-refractivity contribution in [1.82, 2.24) is 0 Å². The molecule has 2 aromatic carbocycles. The lowest BCUT2D eigenvalue weighted by molar-refractivity contribution is 0.195. The smallest absolute Gasteiger partial charge is 0.311 e. The molecular formula is C30H52O8Si3. The fraction of sp³-hybridized carbons (Fsp3) is 0.600. The molecular weight excluding hydrogens is 573 g/mol. The lowest BCUT2D eigenvalue weighted by Crippen LogP contribution is -2.52. The lowest BCUT2D eigenvalue weighted by atomic mass is 10.1. The van der Waals surface area contributed by atoms with Crippen LogP contribution >= 0.6 is 0 Å². The summed E-state index contributed by atoms with van der Waals surface area (Å²) in [7, 11) is -4.54. The average molecular weight is 625 g/mol. The molecule has 0 aliphatic carbocycles. The van der Waals surface area contributed by atoms with Gasteiger partial charge in [-0.15, -0.1) is 0 Å². The number of aryl methyl sites for hydroxylation is 2.